The van der Waals surface area contributed by atoms with E-state index < -0.39 is 16.1 Å². The highest BCUT2D eigenvalue weighted by molar-refractivity contribution is 7.89. The van der Waals surface area contributed by atoms with Crippen LogP contribution in [-0.2, 0) is 21.3 Å². The molecule has 0 radical (unpaired) electrons. The van der Waals surface area contributed by atoms with Crippen molar-refractivity contribution in [1.82, 2.24) is 9.21 Å². The van der Waals surface area contributed by atoms with E-state index in [1.807, 2.05) is 14.0 Å². The van der Waals surface area contributed by atoms with Crippen LogP contribution in [-0.4, -0.2) is 75.3 Å². The first-order valence-electron chi connectivity index (χ1n) is 11.5. The van der Waals surface area contributed by atoms with Crippen molar-refractivity contribution in [2.45, 2.75) is 37.4 Å². The van der Waals surface area contributed by atoms with Crippen LogP contribution in [0.1, 0.15) is 25.0 Å². The number of rotatable bonds is 7. The number of sulfonamides is 1. The maximum Gasteiger partial charge on any atom is 0.247 e. The SMILES string of the molecule is COCC#Cc1ccc2c(c1)O[C@@H](CN(C)Cc1ccc(F)cc1)[C@@H](C)CN([C@H](C)CO)S2(=O)=O. The number of hydrogen-bond acceptors (Lipinski definition) is 6. The van der Waals surface area contributed by atoms with Crippen molar-refractivity contribution >= 4 is 10.0 Å². The molecular formula is C26H33FN2O5S. The number of methoxy groups -OCH3 is 1. The summed E-state index contributed by atoms with van der Waals surface area (Å²) in [6.45, 7) is 4.89. The van der Waals surface area contributed by atoms with Gasteiger partial charge >= 0.3 is 0 Å². The second-order valence-corrected chi connectivity index (χ2v) is 10.8. The molecule has 1 N–H and O–H groups in total. The van der Waals surface area contributed by atoms with Crippen LogP contribution in [0.5, 0.6) is 5.75 Å². The van der Waals surface area contributed by atoms with E-state index in [9.17, 15) is 17.9 Å². The first-order valence-corrected chi connectivity index (χ1v) is 12.9. The molecule has 0 aromatic heterocycles. The number of ether oxygens (including phenoxy) is 2. The predicted molar refractivity (Wildman–Crippen MR) is 132 cm³/mol. The highest BCUT2D eigenvalue weighted by atomic mass is 32.2. The molecule has 0 bridgehead atoms. The van der Waals surface area contributed by atoms with Crippen molar-refractivity contribution in [3.63, 3.8) is 0 Å². The fraction of sp³-hybridized carbons (Fsp3) is 0.462. The normalized spacial score (nSPS) is 20.7. The molecule has 1 heterocycles. The molecule has 2 aromatic carbocycles. The number of aliphatic hydroxyl groups excluding tert-OH is 1. The average Bonchev–Trinajstić information content (AvgIpc) is 2.82. The Morgan fingerprint density at radius 1 is 1.29 bits per heavy atom. The van der Waals surface area contributed by atoms with Gasteiger partial charge in [0.15, 0.2) is 0 Å². The van der Waals surface area contributed by atoms with E-state index in [0.717, 1.165) is 5.56 Å². The van der Waals surface area contributed by atoms with Crippen molar-refractivity contribution < 1.29 is 27.4 Å². The van der Waals surface area contributed by atoms with E-state index in [1.165, 1.54) is 22.5 Å². The molecule has 0 unspecified atom stereocenters. The number of hydrogen-bond donors (Lipinski definition) is 1. The molecular weight excluding hydrogens is 471 g/mol. The van der Waals surface area contributed by atoms with Crippen LogP contribution in [0.4, 0.5) is 4.39 Å². The molecule has 3 atom stereocenters. The van der Waals surface area contributed by atoms with Crippen LogP contribution in [0.3, 0.4) is 0 Å². The Kier molecular flexibility index (Phi) is 9.27. The van der Waals surface area contributed by atoms with Crippen molar-refractivity contribution in [2.24, 2.45) is 5.92 Å². The van der Waals surface area contributed by atoms with Crippen LogP contribution in [0.25, 0.3) is 0 Å². The van der Waals surface area contributed by atoms with Crippen LogP contribution >= 0.6 is 0 Å². The third-order valence-electron chi connectivity index (χ3n) is 5.97. The lowest BCUT2D eigenvalue weighted by molar-refractivity contribution is 0.0733. The number of likely N-dealkylation sites (N-methyl/N-ethyl adjacent to an activating group) is 1. The second kappa shape index (κ2) is 12.0. The van der Waals surface area contributed by atoms with Gasteiger partial charge < -0.3 is 14.6 Å². The van der Waals surface area contributed by atoms with Gasteiger partial charge in [0.2, 0.25) is 10.0 Å². The van der Waals surface area contributed by atoms with Crippen LogP contribution in [0.15, 0.2) is 47.4 Å². The van der Waals surface area contributed by atoms with Gasteiger partial charge in [-0.05, 0) is 49.9 Å². The summed E-state index contributed by atoms with van der Waals surface area (Å²) < 4.78 is 53.0. The largest absolute Gasteiger partial charge is 0.487 e. The maximum atomic E-state index is 13.5. The van der Waals surface area contributed by atoms with Crippen molar-refractivity contribution in [3.8, 4) is 17.6 Å². The third-order valence-corrected chi connectivity index (χ3v) is 7.99. The van der Waals surface area contributed by atoms with Gasteiger partial charge in [0.1, 0.15) is 29.2 Å². The molecule has 35 heavy (non-hydrogen) atoms. The number of halogens is 1. The number of benzene rings is 2. The van der Waals surface area contributed by atoms with Gasteiger partial charge in [0.05, 0.1) is 6.61 Å². The molecule has 0 fully saturated rings. The lowest BCUT2D eigenvalue weighted by atomic mass is 10.0. The minimum atomic E-state index is -3.91. The summed E-state index contributed by atoms with van der Waals surface area (Å²) in [5, 5.41) is 9.77. The minimum Gasteiger partial charge on any atom is -0.487 e. The summed E-state index contributed by atoms with van der Waals surface area (Å²) in [4.78, 5) is 2.11. The minimum absolute atomic E-state index is 0.0492. The number of aliphatic hydroxyl groups is 1. The fourth-order valence-electron chi connectivity index (χ4n) is 4.00. The predicted octanol–water partition coefficient (Wildman–Crippen LogP) is 2.72. The zero-order chi connectivity index (χ0) is 25.6. The summed E-state index contributed by atoms with van der Waals surface area (Å²) in [5.41, 5.74) is 1.58. The molecule has 0 spiro atoms. The highest BCUT2D eigenvalue weighted by Crippen LogP contribution is 2.34. The van der Waals surface area contributed by atoms with Gasteiger partial charge in [0, 0.05) is 44.3 Å². The standard InChI is InChI=1S/C26H33FN2O5S/c1-19-15-29(20(2)18-30)35(31,32)26-12-9-21(6-5-13-33-4)14-24(26)34-25(19)17-28(3)16-22-7-10-23(27)11-8-22/h7-12,14,19-20,25,30H,13,15-18H2,1-4H3/t19-,20+,25-/m0/s1. The van der Waals surface area contributed by atoms with Gasteiger partial charge in [-0.3, -0.25) is 4.90 Å². The average molecular weight is 505 g/mol. The molecule has 190 valence electrons. The smallest absolute Gasteiger partial charge is 0.247 e. The topological polar surface area (TPSA) is 79.3 Å². The quantitative estimate of drug-likeness (QED) is 0.585. The van der Waals surface area contributed by atoms with Gasteiger partial charge in [-0.1, -0.05) is 30.9 Å². The summed E-state index contributed by atoms with van der Waals surface area (Å²) in [5.74, 6) is 5.61. The van der Waals surface area contributed by atoms with E-state index in [0.29, 0.717) is 18.7 Å². The number of fused-ring (bicyclic) bond motifs is 1. The first-order chi connectivity index (χ1) is 16.6. The van der Waals surface area contributed by atoms with Crippen molar-refractivity contribution in [3.05, 3.63) is 59.4 Å². The Morgan fingerprint density at radius 2 is 2.00 bits per heavy atom. The van der Waals surface area contributed by atoms with Gasteiger partial charge in [-0.15, -0.1) is 0 Å². The Labute approximate surface area is 207 Å². The molecule has 7 nitrogen and oxygen atoms in total. The van der Waals surface area contributed by atoms with Crippen molar-refractivity contribution in [2.75, 3.05) is 40.5 Å². The Bertz CT molecular complexity index is 1160. The van der Waals surface area contributed by atoms with Gasteiger partial charge in [0.25, 0.3) is 0 Å². The first kappa shape index (κ1) is 27.1. The molecule has 0 aliphatic carbocycles. The van der Waals surface area contributed by atoms with Crippen LogP contribution in [0, 0.1) is 23.6 Å². The fourth-order valence-corrected chi connectivity index (χ4v) is 5.83. The van der Waals surface area contributed by atoms with Gasteiger partial charge in [-0.25, -0.2) is 12.8 Å². The van der Waals surface area contributed by atoms with Crippen LogP contribution in [0.2, 0.25) is 0 Å². The molecule has 1 aliphatic heterocycles. The molecule has 3 rings (SSSR count). The van der Waals surface area contributed by atoms with Gasteiger partial charge in [-0.2, -0.15) is 4.31 Å². The van der Waals surface area contributed by atoms with Crippen molar-refractivity contribution in [1.29, 1.82) is 0 Å². The maximum absolute atomic E-state index is 13.5. The lowest BCUT2D eigenvalue weighted by Crippen LogP contribution is -2.49. The van der Waals surface area contributed by atoms with E-state index >= 15 is 0 Å². The molecule has 9 heteroatoms. The van der Waals surface area contributed by atoms with E-state index in [-0.39, 0.29) is 48.2 Å². The highest BCUT2D eigenvalue weighted by Gasteiger charge is 2.38. The lowest BCUT2D eigenvalue weighted by Gasteiger charge is -2.37. The monoisotopic (exact) mass is 504 g/mol. The Hall–Kier alpha value is -2.48. The number of nitrogens with zero attached hydrogens (tertiary/aromatic N) is 2. The summed E-state index contributed by atoms with van der Waals surface area (Å²) >= 11 is 0. The summed E-state index contributed by atoms with van der Waals surface area (Å²) in [7, 11) is -0.414. The third kappa shape index (κ3) is 6.81. The molecule has 2 aromatic rings. The molecule has 0 saturated heterocycles. The van der Waals surface area contributed by atoms with E-state index in [1.54, 1.807) is 38.3 Å². The molecule has 1 aliphatic rings. The summed E-state index contributed by atoms with van der Waals surface area (Å²) in [6.07, 6.45) is -0.342. The van der Waals surface area contributed by atoms with E-state index in [4.69, 9.17) is 9.47 Å². The van der Waals surface area contributed by atoms with E-state index in [2.05, 4.69) is 16.7 Å². The zero-order valence-corrected chi connectivity index (χ0v) is 21.4. The Morgan fingerprint density at radius 3 is 2.66 bits per heavy atom. The molecule has 0 saturated carbocycles. The van der Waals surface area contributed by atoms with Crippen LogP contribution < -0.4 is 4.74 Å². The summed E-state index contributed by atoms with van der Waals surface area (Å²) in [6, 6.07) is 10.5. The second-order valence-electron chi connectivity index (χ2n) is 8.96. The Balaban J connectivity index is 1.95. The zero-order valence-electron chi connectivity index (χ0n) is 20.6. The molecule has 0 amide bonds.